The highest BCUT2D eigenvalue weighted by Gasteiger charge is 2.27. The minimum Gasteiger partial charge on any atom is -0.289 e. The molecule has 4 heteroatoms. The lowest BCUT2D eigenvalue weighted by Crippen LogP contribution is -2.11. The van der Waals surface area contributed by atoms with Crippen LogP contribution in [0.2, 0.25) is 0 Å². The summed E-state index contributed by atoms with van der Waals surface area (Å²) in [5.74, 6) is -0.108. The molecule has 0 saturated heterocycles. The molecule has 1 aliphatic carbocycles. The van der Waals surface area contributed by atoms with E-state index in [1.54, 1.807) is 0 Å². The maximum absolute atomic E-state index is 13.0. The van der Waals surface area contributed by atoms with Crippen LogP contribution in [0.1, 0.15) is 21.5 Å². The summed E-state index contributed by atoms with van der Waals surface area (Å²) in [6, 6.07) is 20.7. The molecule has 3 aromatic carbocycles. The monoisotopic (exact) mass is 297 g/mol. The van der Waals surface area contributed by atoms with Crippen LogP contribution in [0, 0.1) is 0 Å². The number of benzene rings is 3. The molecule has 0 atom stereocenters. The molecule has 0 spiro atoms. The van der Waals surface area contributed by atoms with Crippen LogP contribution in [0.4, 0.5) is 0 Å². The molecule has 4 nitrogen and oxygen atoms in total. The predicted octanol–water partition coefficient (Wildman–Crippen LogP) is 5.21. The Hall–Kier alpha value is -3.36. The zero-order valence-corrected chi connectivity index (χ0v) is 12.1. The quantitative estimate of drug-likeness (QED) is 0.363. The second kappa shape index (κ2) is 5.13. The number of carbonyl (C=O) groups is 1. The number of hydrogen-bond donors (Lipinski definition) is 0. The Balaban J connectivity index is 2.17. The lowest BCUT2D eigenvalue weighted by atomic mass is 9.83. The molecule has 0 heterocycles. The van der Waals surface area contributed by atoms with Crippen molar-refractivity contribution in [1.82, 2.24) is 0 Å². The SMILES string of the molecule is [N-]=[N+]=NC1=C(c2ccccc2)C(=O)c2cccc3cccc1c23. The third-order valence-electron chi connectivity index (χ3n) is 4.08. The first-order valence-electron chi connectivity index (χ1n) is 7.23. The van der Waals surface area contributed by atoms with Crippen LogP contribution in [0.3, 0.4) is 0 Å². The highest BCUT2D eigenvalue weighted by molar-refractivity contribution is 6.40. The van der Waals surface area contributed by atoms with E-state index in [1.165, 1.54) is 0 Å². The number of rotatable bonds is 2. The van der Waals surface area contributed by atoms with E-state index in [-0.39, 0.29) is 5.78 Å². The van der Waals surface area contributed by atoms with Crippen molar-refractivity contribution < 1.29 is 4.79 Å². The van der Waals surface area contributed by atoms with E-state index in [0.29, 0.717) is 16.8 Å². The molecule has 3 aromatic rings. The molecule has 0 fully saturated rings. The standard InChI is InChI=1S/C19H11N3O/c20-22-21-18-14-10-4-8-12-9-5-11-15(16(12)14)19(23)17(18)13-6-2-1-3-7-13/h1-11H. The Labute approximate surface area is 132 Å². The van der Waals surface area contributed by atoms with Gasteiger partial charge in [-0.15, -0.1) is 0 Å². The fourth-order valence-electron chi connectivity index (χ4n) is 3.13. The van der Waals surface area contributed by atoms with Gasteiger partial charge in [-0.25, -0.2) is 0 Å². The van der Waals surface area contributed by atoms with Gasteiger partial charge in [0.25, 0.3) is 0 Å². The molecule has 0 saturated carbocycles. The molecule has 0 radical (unpaired) electrons. The highest BCUT2D eigenvalue weighted by atomic mass is 16.1. The van der Waals surface area contributed by atoms with Gasteiger partial charge in [-0.2, -0.15) is 0 Å². The first-order valence-corrected chi connectivity index (χ1v) is 7.23. The van der Waals surface area contributed by atoms with Crippen molar-refractivity contribution in [2.45, 2.75) is 0 Å². The van der Waals surface area contributed by atoms with Crippen LogP contribution in [0.15, 0.2) is 71.8 Å². The summed E-state index contributed by atoms with van der Waals surface area (Å²) < 4.78 is 0. The van der Waals surface area contributed by atoms with Crippen molar-refractivity contribution >= 4 is 27.8 Å². The predicted molar refractivity (Wildman–Crippen MR) is 90.7 cm³/mol. The Bertz CT molecular complexity index is 1020. The van der Waals surface area contributed by atoms with E-state index in [1.807, 2.05) is 66.7 Å². The van der Waals surface area contributed by atoms with Gasteiger partial charge >= 0.3 is 0 Å². The number of carbonyl (C=O) groups excluding carboxylic acids is 1. The van der Waals surface area contributed by atoms with Gasteiger partial charge in [0.05, 0.1) is 5.70 Å². The smallest absolute Gasteiger partial charge is 0.194 e. The molecular weight excluding hydrogens is 286 g/mol. The van der Waals surface area contributed by atoms with Gasteiger partial charge in [0.2, 0.25) is 0 Å². The Morgan fingerprint density at radius 2 is 1.52 bits per heavy atom. The van der Waals surface area contributed by atoms with Crippen molar-refractivity contribution in [2.75, 3.05) is 0 Å². The molecule has 1 aliphatic rings. The van der Waals surface area contributed by atoms with E-state index in [4.69, 9.17) is 5.53 Å². The second-order valence-electron chi connectivity index (χ2n) is 5.32. The third kappa shape index (κ3) is 1.94. The van der Waals surface area contributed by atoms with Crippen LogP contribution in [-0.4, -0.2) is 5.78 Å². The maximum Gasteiger partial charge on any atom is 0.194 e. The van der Waals surface area contributed by atoms with Crippen LogP contribution in [-0.2, 0) is 0 Å². The van der Waals surface area contributed by atoms with Crippen LogP contribution in [0.25, 0.3) is 32.5 Å². The van der Waals surface area contributed by atoms with Gasteiger partial charge in [-0.1, -0.05) is 71.8 Å². The summed E-state index contributed by atoms with van der Waals surface area (Å²) in [7, 11) is 0. The van der Waals surface area contributed by atoms with Crippen molar-refractivity contribution in [1.29, 1.82) is 0 Å². The zero-order valence-electron chi connectivity index (χ0n) is 12.1. The largest absolute Gasteiger partial charge is 0.289 e. The molecule has 108 valence electrons. The molecule has 4 rings (SSSR count). The van der Waals surface area contributed by atoms with Gasteiger partial charge < -0.3 is 0 Å². The molecule has 0 unspecified atom stereocenters. The first kappa shape index (κ1) is 13.3. The van der Waals surface area contributed by atoms with Gasteiger partial charge in [0, 0.05) is 21.4 Å². The third-order valence-corrected chi connectivity index (χ3v) is 4.08. The second-order valence-corrected chi connectivity index (χ2v) is 5.32. The van der Waals surface area contributed by atoms with Crippen molar-refractivity contribution in [2.24, 2.45) is 5.11 Å². The number of ketones is 1. The fraction of sp³-hybridized carbons (Fsp3) is 0. The summed E-state index contributed by atoms with van der Waals surface area (Å²) >= 11 is 0. The van der Waals surface area contributed by atoms with E-state index < -0.39 is 0 Å². The summed E-state index contributed by atoms with van der Waals surface area (Å²) in [4.78, 5) is 16.0. The average molecular weight is 297 g/mol. The van der Waals surface area contributed by atoms with Gasteiger partial charge in [0.15, 0.2) is 5.78 Å². The van der Waals surface area contributed by atoms with E-state index in [9.17, 15) is 4.79 Å². The summed E-state index contributed by atoms with van der Waals surface area (Å²) in [6.07, 6.45) is 0. The van der Waals surface area contributed by atoms with Gasteiger partial charge in [-0.05, 0) is 22.0 Å². The first-order chi connectivity index (χ1) is 11.3. The Morgan fingerprint density at radius 3 is 2.22 bits per heavy atom. The summed E-state index contributed by atoms with van der Waals surface area (Å²) in [6.45, 7) is 0. The molecular formula is C19H11N3O. The van der Waals surface area contributed by atoms with Crippen molar-refractivity contribution in [3.63, 3.8) is 0 Å². The van der Waals surface area contributed by atoms with Gasteiger partial charge in [0.1, 0.15) is 0 Å². The zero-order chi connectivity index (χ0) is 15.8. The topological polar surface area (TPSA) is 65.8 Å². The van der Waals surface area contributed by atoms with Gasteiger partial charge in [-0.3, -0.25) is 4.79 Å². The minimum absolute atomic E-state index is 0.108. The van der Waals surface area contributed by atoms with E-state index in [2.05, 4.69) is 10.0 Å². The normalized spacial score (nSPS) is 13.1. The van der Waals surface area contributed by atoms with Crippen molar-refractivity contribution in [3.8, 4) is 0 Å². The van der Waals surface area contributed by atoms with Crippen LogP contribution >= 0.6 is 0 Å². The van der Waals surface area contributed by atoms with Crippen LogP contribution in [0.5, 0.6) is 0 Å². The fourth-order valence-corrected chi connectivity index (χ4v) is 3.13. The van der Waals surface area contributed by atoms with E-state index in [0.717, 1.165) is 21.9 Å². The highest BCUT2D eigenvalue weighted by Crippen LogP contribution is 2.40. The maximum atomic E-state index is 13.0. The molecule has 0 aliphatic heterocycles. The minimum atomic E-state index is -0.108. The lowest BCUT2D eigenvalue weighted by molar-refractivity contribution is 0.105. The summed E-state index contributed by atoms with van der Waals surface area (Å²) in [5.41, 5.74) is 12.0. The molecule has 0 bridgehead atoms. The molecule has 0 amide bonds. The average Bonchev–Trinajstić information content (AvgIpc) is 2.60. The molecule has 0 N–H and O–H groups in total. The Morgan fingerprint density at radius 1 is 0.826 bits per heavy atom. The molecule has 23 heavy (non-hydrogen) atoms. The number of nitrogens with zero attached hydrogens (tertiary/aromatic N) is 3. The van der Waals surface area contributed by atoms with Crippen LogP contribution < -0.4 is 0 Å². The number of allylic oxidation sites excluding steroid dienone is 1. The van der Waals surface area contributed by atoms with E-state index >= 15 is 0 Å². The molecule has 0 aromatic heterocycles. The summed E-state index contributed by atoms with van der Waals surface area (Å²) in [5, 5.41) is 5.67. The number of Topliss-reactive ketones (excluding diaryl/α,β-unsaturated/α-hetero) is 1. The number of azide groups is 1. The number of hydrogen-bond acceptors (Lipinski definition) is 2. The van der Waals surface area contributed by atoms with Crippen molar-refractivity contribution in [3.05, 3.63) is 93.9 Å². The Kier molecular flexibility index (Phi) is 2.97. The lowest BCUT2D eigenvalue weighted by Gasteiger charge is -2.21.